The van der Waals surface area contributed by atoms with Crippen LogP contribution in [0.1, 0.15) is 0 Å². The lowest BCUT2D eigenvalue weighted by Gasteiger charge is -2.29. The van der Waals surface area contributed by atoms with Crippen LogP contribution in [0.3, 0.4) is 0 Å². The Morgan fingerprint density at radius 2 is 2.04 bits per heavy atom. The lowest BCUT2D eigenvalue weighted by Crippen LogP contribution is -2.40. The summed E-state index contributed by atoms with van der Waals surface area (Å²) in [5, 5.41) is 8.23. The largest absolute Gasteiger partial charge is 0.616 e. The van der Waals surface area contributed by atoms with Crippen LogP contribution in [0.2, 0.25) is 0 Å². The molecule has 0 aliphatic carbocycles. The Bertz CT molecular complexity index is 907. The van der Waals surface area contributed by atoms with Gasteiger partial charge in [0.2, 0.25) is 0 Å². The van der Waals surface area contributed by atoms with Crippen molar-refractivity contribution in [2.45, 2.75) is 0 Å². The van der Waals surface area contributed by atoms with Gasteiger partial charge in [-0.2, -0.15) is 0 Å². The molecule has 1 aromatic carbocycles. The predicted molar refractivity (Wildman–Crippen MR) is 98.5 cm³/mol. The van der Waals surface area contributed by atoms with Crippen molar-refractivity contribution in [2.24, 2.45) is 0 Å². The highest BCUT2D eigenvalue weighted by molar-refractivity contribution is 7.91. The molecular weight excluding hydrogens is 341 g/mol. The van der Waals surface area contributed by atoms with Crippen molar-refractivity contribution in [3.05, 3.63) is 42.5 Å². The van der Waals surface area contributed by atoms with E-state index in [0.717, 1.165) is 29.9 Å². The summed E-state index contributed by atoms with van der Waals surface area (Å²) in [7, 11) is 1.79. The number of halogens is 1. The van der Waals surface area contributed by atoms with E-state index in [1.165, 1.54) is 10.7 Å². The summed E-state index contributed by atoms with van der Waals surface area (Å²) in [6.07, 6.45) is 3.56. The van der Waals surface area contributed by atoms with Crippen molar-refractivity contribution in [3.63, 3.8) is 0 Å². The quantitative estimate of drug-likeness (QED) is 0.726. The predicted octanol–water partition coefficient (Wildman–Crippen LogP) is 2.17. The van der Waals surface area contributed by atoms with Gasteiger partial charge in [-0.05, 0) is 24.3 Å². The summed E-state index contributed by atoms with van der Waals surface area (Å²) >= 11 is -0.715. The molecule has 130 valence electrons. The molecule has 0 bridgehead atoms. The van der Waals surface area contributed by atoms with E-state index in [-0.39, 0.29) is 5.82 Å². The van der Waals surface area contributed by atoms with E-state index in [1.807, 2.05) is 6.07 Å². The number of nitrogens with zero attached hydrogens (tertiary/aromatic N) is 4. The Balaban J connectivity index is 1.69. The first-order valence-electron chi connectivity index (χ1n) is 8.07. The number of aromatic nitrogens is 3. The Morgan fingerprint density at radius 3 is 2.80 bits per heavy atom. The number of rotatable bonds is 3. The van der Waals surface area contributed by atoms with Crippen molar-refractivity contribution >= 4 is 33.6 Å². The van der Waals surface area contributed by atoms with Gasteiger partial charge in [-0.15, -0.1) is 5.10 Å². The molecule has 2 aromatic heterocycles. The van der Waals surface area contributed by atoms with Crippen LogP contribution in [0.25, 0.3) is 16.7 Å². The zero-order valence-electron chi connectivity index (χ0n) is 13.8. The van der Waals surface area contributed by atoms with Gasteiger partial charge in [0.15, 0.2) is 5.65 Å². The molecule has 1 aliphatic rings. The van der Waals surface area contributed by atoms with Crippen LogP contribution < -0.4 is 10.2 Å². The number of hydrogen-bond donors (Lipinski definition) is 1. The van der Waals surface area contributed by atoms with Crippen LogP contribution in [0.5, 0.6) is 0 Å². The van der Waals surface area contributed by atoms with E-state index in [0.29, 0.717) is 22.8 Å². The molecule has 0 saturated carbocycles. The number of anilines is 2. The number of nitrogens with one attached hydrogen (secondary N) is 1. The molecule has 1 fully saturated rings. The van der Waals surface area contributed by atoms with Gasteiger partial charge in [-0.3, -0.25) is 0 Å². The molecule has 1 saturated heterocycles. The summed E-state index contributed by atoms with van der Waals surface area (Å²) in [6, 6.07) is 6.81. The number of pyridine rings is 1. The van der Waals surface area contributed by atoms with Gasteiger partial charge in [0.05, 0.1) is 25.0 Å². The Kier molecular flexibility index (Phi) is 4.22. The zero-order valence-corrected chi connectivity index (χ0v) is 14.6. The van der Waals surface area contributed by atoms with Gasteiger partial charge in [0.1, 0.15) is 23.0 Å². The molecule has 1 N–H and O–H groups in total. The van der Waals surface area contributed by atoms with Crippen molar-refractivity contribution in [2.75, 3.05) is 41.9 Å². The maximum Gasteiger partial charge on any atom is 0.181 e. The standard InChI is InChI=1S/C17H18FN5OS/c1-19-13-2-3-15(18)16(9-13)23-11-12-8-14(10-20-17(12)21-23)22-4-6-25(24)7-5-22/h2-3,8-11,19H,4-7H2,1H3. The Hall–Kier alpha value is -2.32. The van der Waals surface area contributed by atoms with Crippen LogP contribution in [0.15, 0.2) is 36.7 Å². The molecule has 0 radical (unpaired) electrons. The van der Waals surface area contributed by atoms with Gasteiger partial charge in [-0.1, -0.05) is 11.2 Å². The third-order valence-corrected chi connectivity index (χ3v) is 5.64. The first-order chi connectivity index (χ1) is 12.1. The molecule has 0 spiro atoms. The molecule has 0 unspecified atom stereocenters. The van der Waals surface area contributed by atoms with Gasteiger partial charge in [-0.25, -0.2) is 14.1 Å². The normalized spacial score (nSPS) is 15.7. The minimum atomic E-state index is -0.715. The maximum absolute atomic E-state index is 14.2. The van der Waals surface area contributed by atoms with Crippen LogP contribution in [0, 0.1) is 5.82 Å². The molecule has 1 aliphatic heterocycles. The van der Waals surface area contributed by atoms with E-state index >= 15 is 0 Å². The van der Waals surface area contributed by atoms with E-state index in [4.69, 9.17) is 0 Å². The summed E-state index contributed by atoms with van der Waals surface area (Å²) < 4.78 is 27.2. The fraction of sp³-hybridized carbons (Fsp3) is 0.294. The Labute approximate surface area is 147 Å². The van der Waals surface area contributed by atoms with E-state index in [9.17, 15) is 8.94 Å². The first kappa shape index (κ1) is 16.2. The van der Waals surface area contributed by atoms with Crippen LogP contribution in [-0.2, 0) is 11.2 Å². The second-order valence-electron chi connectivity index (χ2n) is 5.93. The molecule has 3 heterocycles. The second-order valence-corrected chi connectivity index (χ2v) is 7.63. The minimum absolute atomic E-state index is 0.342. The summed E-state index contributed by atoms with van der Waals surface area (Å²) in [4.78, 5) is 6.58. The third kappa shape index (κ3) is 3.14. The molecule has 4 rings (SSSR count). The summed E-state index contributed by atoms with van der Waals surface area (Å²) in [5.74, 6) is 1.02. The maximum atomic E-state index is 14.2. The van der Waals surface area contributed by atoms with Gasteiger partial charge >= 0.3 is 0 Å². The summed E-state index contributed by atoms with van der Waals surface area (Å²) in [6.45, 7) is 1.51. The van der Waals surface area contributed by atoms with E-state index in [2.05, 4.69) is 20.3 Å². The first-order valence-corrected chi connectivity index (χ1v) is 9.56. The average Bonchev–Trinajstić information content (AvgIpc) is 3.05. The Morgan fingerprint density at radius 1 is 1.24 bits per heavy atom. The highest BCUT2D eigenvalue weighted by atomic mass is 32.2. The molecule has 8 heteroatoms. The third-order valence-electron chi connectivity index (χ3n) is 4.37. The summed E-state index contributed by atoms with van der Waals surface area (Å²) in [5.41, 5.74) is 2.73. The van der Waals surface area contributed by atoms with Crippen LogP contribution in [0.4, 0.5) is 15.8 Å². The van der Waals surface area contributed by atoms with Gasteiger partial charge in [0, 0.05) is 24.3 Å². The zero-order chi connectivity index (χ0) is 17.4. The molecule has 25 heavy (non-hydrogen) atoms. The van der Waals surface area contributed by atoms with E-state index < -0.39 is 11.2 Å². The number of hydrogen-bond acceptors (Lipinski definition) is 5. The molecule has 0 amide bonds. The highest BCUT2D eigenvalue weighted by Crippen LogP contribution is 2.24. The molecule has 0 atom stereocenters. The lowest BCUT2D eigenvalue weighted by atomic mass is 10.2. The highest BCUT2D eigenvalue weighted by Gasteiger charge is 2.20. The lowest BCUT2D eigenvalue weighted by molar-refractivity contribution is 0.586. The molecule has 6 nitrogen and oxygen atoms in total. The monoisotopic (exact) mass is 359 g/mol. The van der Waals surface area contributed by atoms with Crippen molar-refractivity contribution in [3.8, 4) is 5.69 Å². The molecular formula is C17H18FN5OS. The minimum Gasteiger partial charge on any atom is -0.616 e. The van der Waals surface area contributed by atoms with Gasteiger partial charge in [0.25, 0.3) is 0 Å². The van der Waals surface area contributed by atoms with Crippen molar-refractivity contribution < 1.29 is 8.94 Å². The SMILES string of the molecule is CNc1ccc(F)c(-n2cc3cc(N4CC[S+]([O-])CC4)cnc3n2)c1. The van der Waals surface area contributed by atoms with E-state index in [1.54, 1.807) is 31.6 Å². The fourth-order valence-corrected chi connectivity index (χ4v) is 3.99. The number of benzene rings is 1. The van der Waals surface area contributed by atoms with Crippen LogP contribution >= 0.6 is 0 Å². The smallest absolute Gasteiger partial charge is 0.181 e. The fourth-order valence-electron chi connectivity index (χ4n) is 2.94. The number of fused-ring (bicyclic) bond motifs is 1. The van der Waals surface area contributed by atoms with Crippen molar-refractivity contribution in [1.29, 1.82) is 0 Å². The topological polar surface area (TPSA) is 69.0 Å². The average molecular weight is 359 g/mol. The van der Waals surface area contributed by atoms with Gasteiger partial charge < -0.3 is 14.8 Å². The van der Waals surface area contributed by atoms with Crippen LogP contribution in [-0.4, -0.2) is 51.0 Å². The van der Waals surface area contributed by atoms with Crippen molar-refractivity contribution in [1.82, 2.24) is 14.8 Å². The molecule has 3 aromatic rings. The second kappa shape index (κ2) is 6.53.